The number of likely N-dealkylation sites (tertiary alicyclic amines) is 1. The largest absolute Gasteiger partial charge is 0.359 e. The highest BCUT2D eigenvalue weighted by Crippen LogP contribution is 2.25. The van der Waals surface area contributed by atoms with E-state index >= 15 is 0 Å². The molecule has 0 saturated carbocycles. The summed E-state index contributed by atoms with van der Waals surface area (Å²) in [6.07, 6.45) is 5.43. The standard InChI is InChI=1S/C20H23N5O2/c1-23-12-8-17(9-13-23)25(16-6-3-2-4-7-16)20(26)19-14-18(27-22-19)15-24-11-5-10-21-24/h2-7,10-11,14,17H,8-9,12-13,15H2,1H3. The van der Waals surface area contributed by atoms with Crippen LogP contribution in [0.2, 0.25) is 0 Å². The predicted molar refractivity (Wildman–Crippen MR) is 102 cm³/mol. The molecule has 0 radical (unpaired) electrons. The molecule has 3 heterocycles. The maximum atomic E-state index is 13.3. The predicted octanol–water partition coefficient (Wildman–Crippen LogP) is 2.66. The molecule has 0 unspecified atom stereocenters. The number of aromatic nitrogens is 3. The Kier molecular flexibility index (Phi) is 5.02. The van der Waals surface area contributed by atoms with Crippen LogP contribution in [-0.4, -0.2) is 51.9 Å². The molecule has 0 atom stereocenters. The van der Waals surface area contributed by atoms with Crippen LogP contribution < -0.4 is 4.90 Å². The van der Waals surface area contributed by atoms with E-state index in [2.05, 4.69) is 22.2 Å². The minimum absolute atomic E-state index is 0.119. The molecule has 0 bridgehead atoms. The van der Waals surface area contributed by atoms with Crippen LogP contribution in [0.4, 0.5) is 5.69 Å². The molecule has 140 valence electrons. The fraction of sp³-hybridized carbons (Fsp3) is 0.350. The first-order valence-corrected chi connectivity index (χ1v) is 9.21. The van der Waals surface area contributed by atoms with Crippen molar-refractivity contribution in [3.05, 3.63) is 66.3 Å². The van der Waals surface area contributed by atoms with Crippen molar-refractivity contribution in [2.75, 3.05) is 25.0 Å². The molecule has 1 aromatic carbocycles. The van der Waals surface area contributed by atoms with Gasteiger partial charge in [0.2, 0.25) is 0 Å². The minimum Gasteiger partial charge on any atom is -0.359 e. The highest BCUT2D eigenvalue weighted by Gasteiger charge is 2.30. The molecule has 0 aliphatic carbocycles. The minimum atomic E-state index is -0.119. The molecule has 2 aromatic heterocycles. The number of hydrogen-bond donors (Lipinski definition) is 0. The number of piperidine rings is 1. The van der Waals surface area contributed by atoms with Gasteiger partial charge in [-0.25, -0.2) is 0 Å². The van der Waals surface area contributed by atoms with Crippen LogP contribution in [0.15, 0.2) is 59.4 Å². The summed E-state index contributed by atoms with van der Waals surface area (Å²) in [5.74, 6) is 0.490. The van der Waals surface area contributed by atoms with Crippen molar-refractivity contribution in [3.8, 4) is 0 Å². The average Bonchev–Trinajstić information content (AvgIpc) is 3.37. The van der Waals surface area contributed by atoms with Crippen LogP contribution in [0.3, 0.4) is 0 Å². The number of para-hydroxylation sites is 1. The van der Waals surface area contributed by atoms with Gasteiger partial charge >= 0.3 is 0 Å². The number of benzene rings is 1. The summed E-state index contributed by atoms with van der Waals surface area (Å²) < 4.78 is 7.12. The first-order valence-electron chi connectivity index (χ1n) is 9.21. The number of amides is 1. The fourth-order valence-corrected chi connectivity index (χ4v) is 3.50. The van der Waals surface area contributed by atoms with Gasteiger partial charge in [-0.1, -0.05) is 23.4 Å². The van der Waals surface area contributed by atoms with Crippen LogP contribution in [-0.2, 0) is 6.54 Å². The number of carbonyl (C=O) groups excluding carboxylic acids is 1. The monoisotopic (exact) mass is 365 g/mol. The SMILES string of the molecule is CN1CCC(N(C(=O)c2cc(Cn3cccn3)on2)c2ccccc2)CC1. The van der Waals surface area contributed by atoms with E-state index in [1.165, 1.54) is 0 Å². The van der Waals surface area contributed by atoms with Gasteiger partial charge in [-0.3, -0.25) is 9.48 Å². The Morgan fingerprint density at radius 1 is 1.22 bits per heavy atom. The van der Waals surface area contributed by atoms with Gasteiger partial charge in [0, 0.05) is 30.2 Å². The quantitative estimate of drug-likeness (QED) is 0.695. The Labute approximate surface area is 158 Å². The third-order valence-electron chi connectivity index (χ3n) is 4.96. The summed E-state index contributed by atoms with van der Waals surface area (Å²) in [7, 11) is 2.12. The zero-order valence-corrected chi connectivity index (χ0v) is 15.4. The molecule has 3 aromatic rings. The van der Waals surface area contributed by atoms with Gasteiger partial charge in [0.25, 0.3) is 5.91 Å². The Hall–Kier alpha value is -2.93. The van der Waals surface area contributed by atoms with E-state index < -0.39 is 0 Å². The van der Waals surface area contributed by atoms with E-state index in [-0.39, 0.29) is 11.9 Å². The van der Waals surface area contributed by atoms with Crippen LogP contribution >= 0.6 is 0 Å². The lowest BCUT2D eigenvalue weighted by Gasteiger charge is -2.37. The van der Waals surface area contributed by atoms with Crippen molar-refractivity contribution in [1.29, 1.82) is 0 Å². The third-order valence-corrected chi connectivity index (χ3v) is 4.96. The molecule has 1 saturated heterocycles. The zero-order valence-electron chi connectivity index (χ0n) is 15.4. The lowest BCUT2D eigenvalue weighted by Crippen LogP contribution is -2.47. The molecule has 7 nitrogen and oxygen atoms in total. The van der Waals surface area contributed by atoms with Crippen molar-refractivity contribution >= 4 is 11.6 Å². The molecular formula is C20H23N5O2. The first-order chi connectivity index (χ1) is 13.2. The summed E-state index contributed by atoms with van der Waals surface area (Å²) >= 11 is 0. The topological polar surface area (TPSA) is 67.4 Å². The molecule has 7 heteroatoms. The Morgan fingerprint density at radius 2 is 2.00 bits per heavy atom. The number of rotatable bonds is 5. The van der Waals surface area contributed by atoms with Crippen LogP contribution in [0.5, 0.6) is 0 Å². The molecule has 1 aliphatic rings. The van der Waals surface area contributed by atoms with Gasteiger partial charge in [0.05, 0.1) is 0 Å². The second kappa shape index (κ2) is 7.75. The lowest BCUT2D eigenvalue weighted by atomic mass is 10.0. The van der Waals surface area contributed by atoms with E-state index in [0.717, 1.165) is 31.6 Å². The normalized spacial score (nSPS) is 15.7. The Balaban J connectivity index is 1.58. The number of hydrogen-bond acceptors (Lipinski definition) is 5. The molecular weight excluding hydrogens is 342 g/mol. The van der Waals surface area contributed by atoms with Gasteiger partial charge in [-0.2, -0.15) is 5.10 Å². The number of carbonyl (C=O) groups is 1. The number of anilines is 1. The second-order valence-electron chi connectivity index (χ2n) is 6.93. The summed E-state index contributed by atoms with van der Waals surface area (Å²) in [5, 5.41) is 8.19. The lowest BCUT2D eigenvalue weighted by molar-refractivity contribution is 0.0955. The maximum absolute atomic E-state index is 13.3. The van der Waals surface area contributed by atoms with Crippen molar-refractivity contribution in [3.63, 3.8) is 0 Å². The highest BCUT2D eigenvalue weighted by molar-refractivity contribution is 6.05. The van der Waals surface area contributed by atoms with Crippen molar-refractivity contribution in [1.82, 2.24) is 19.8 Å². The molecule has 1 aliphatic heterocycles. The van der Waals surface area contributed by atoms with Gasteiger partial charge in [-0.05, 0) is 51.2 Å². The molecule has 1 fully saturated rings. The molecule has 27 heavy (non-hydrogen) atoms. The highest BCUT2D eigenvalue weighted by atomic mass is 16.5. The summed E-state index contributed by atoms with van der Waals surface area (Å²) in [6.45, 7) is 2.40. The fourth-order valence-electron chi connectivity index (χ4n) is 3.50. The van der Waals surface area contributed by atoms with Gasteiger partial charge in [0.15, 0.2) is 11.5 Å². The molecule has 0 N–H and O–H groups in total. The average molecular weight is 365 g/mol. The van der Waals surface area contributed by atoms with E-state index in [4.69, 9.17) is 4.52 Å². The number of nitrogens with zero attached hydrogens (tertiary/aromatic N) is 5. The summed E-state index contributed by atoms with van der Waals surface area (Å²) in [5.41, 5.74) is 1.23. The van der Waals surface area contributed by atoms with E-state index in [0.29, 0.717) is 18.0 Å². The first kappa shape index (κ1) is 17.5. The third kappa shape index (κ3) is 3.93. The van der Waals surface area contributed by atoms with Gasteiger partial charge in [-0.15, -0.1) is 0 Å². The molecule has 1 amide bonds. The van der Waals surface area contributed by atoms with Crippen LogP contribution in [0, 0.1) is 0 Å². The smallest absolute Gasteiger partial charge is 0.280 e. The van der Waals surface area contributed by atoms with Crippen LogP contribution in [0.25, 0.3) is 0 Å². The Morgan fingerprint density at radius 3 is 2.70 bits per heavy atom. The zero-order chi connectivity index (χ0) is 18.6. The summed E-state index contributed by atoms with van der Waals surface area (Å²) in [4.78, 5) is 17.5. The maximum Gasteiger partial charge on any atom is 0.280 e. The van der Waals surface area contributed by atoms with Crippen molar-refractivity contribution in [2.24, 2.45) is 0 Å². The van der Waals surface area contributed by atoms with E-state index in [1.54, 1.807) is 16.9 Å². The Bertz CT molecular complexity index is 867. The van der Waals surface area contributed by atoms with E-state index in [9.17, 15) is 4.79 Å². The van der Waals surface area contributed by atoms with Crippen molar-refractivity contribution in [2.45, 2.75) is 25.4 Å². The molecule has 4 rings (SSSR count). The van der Waals surface area contributed by atoms with Crippen LogP contribution in [0.1, 0.15) is 29.1 Å². The van der Waals surface area contributed by atoms with E-state index in [1.807, 2.05) is 47.5 Å². The molecule has 0 spiro atoms. The summed E-state index contributed by atoms with van der Waals surface area (Å²) in [6, 6.07) is 13.5. The van der Waals surface area contributed by atoms with Gasteiger partial charge < -0.3 is 14.3 Å². The van der Waals surface area contributed by atoms with Crippen molar-refractivity contribution < 1.29 is 9.32 Å². The van der Waals surface area contributed by atoms with Gasteiger partial charge in [0.1, 0.15) is 6.54 Å². The second-order valence-corrected chi connectivity index (χ2v) is 6.93.